The van der Waals surface area contributed by atoms with E-state index in [0.717, 1.165) is 38.2 Å². The van der Waals surface area contributed by atoms with Crippen molar-refractivity contribution in [2.24, 2.45) is 0 Å². The van der Waals surface area contributed by atoms with E-state index in [9.17, 15) is 9.90 Å². The molecule has 3 heterocycles. The van der Waals surface area contributed by atoms with Crippen LogP contribution in [0.3, 0.4) is 0 Å². The molecule has 5 rings (SSSR count). The number of hydrogen-bond acceptors (Lipinski definition) is 3. The molecule has 6 heteroatoms. The van der Waals surface area contributed by atoms with Gasteiger partial charge in [0.15, 0.2) is 0 Å². The first-order chi connectivity index (χ1) is 13.1. The molecule has 27 heavy (non-hydrogen) atoms. The van der Waals surface area contributed by atoms with Crippen molar-refractivity contribution in [2.45, 2.75) is 6.92 Å². The topological polar surface area (TPSA) is 70.9 Å². The highest BCUT2D eigenvalue weighted by Gasteiger charge is 2.11. The minimum atomic E-state index is -0.919. The Hall–Kier alpha value is -3.38. The molecule has 5 nitrogen and oxygen atoms in total. The summed E-state index contributed by atoms with van der Waals surface area (Å²) in [6.07, 6.45) is 3.77. The van der Waals surface area contributed by atoms with Crippen LogP contribution in [-0.2, 0) is 0 Å². The Balaban J connectivity index is 1.60. The number of carboxylic acid groups (broad SMARTS) is 1. The normalized spacial score (nSPS) is 11.4. The Labute approximate surface area is 158 Å². The zero-order chi connectivity index (χ0) is 18.5. The number of H-pyrrole nitrogens is 1. The lowest BCUT2D eigenvalue weighted by atomic mass is 10.1. The minimum absolute atomic E-state index is 0.285. The van der Waals surface area contributed by atoms with Gasteiger partial charge in [-0.3, -0.25) is 4.57 Å². The van der Waals surface area contributed by atoms with Crippen LogP contribution in [0, 0.1) is 6.92 Å². The van der Waals surface area contributed by atoms with Crippen LogP contribution in [0.2, 0.25) is 0 Å². The SMILES string of the molecule is Cc1nccn1-c1ccc(-c2ccc3c(c2)[nH]c2cc(C(=O)O)ccc23)s1. The Bertz CT molecular complexity index is 1330. The zero-order valence-electron chi connectivity index (χ0n) is 14.4. The highest BCUT2D eigenvalue weighted by Crippen LogP contribution is 2.34. The summed E-state index contributed by atoms with van der Waals surface area (Å²) in [5, 5.41) is 12.4. The Morgan fingerprint density at radius 3 is 2.59 bits per heavy atom. The fraction of sp³-hybridized carbons (Fsp3) is 0.0476. The van der Waals surface area contributed by atoms with Crippen molar-refractivity contribution in [3.63, 3.8) is 0 Å². The van der Waals surface area contributed by atoms with Crippen LogP contribution in [-0.4, -0.2) is 25.6 Å². The predicted octanol–water partition coefficient (Wildman–Crippen LogP) is 5.24. The van der Waals surface area contributed by atoms with Gasteiger partial charge in [-0.05, 0) is 42.8 Å². The second-order valence-corrected chi connectivity index (χ2v) is 7.50. The molecule has 0 atom stereocenters. The van der Waals surface area contributed by atoms with E-state index >= 15 is 0 Å². The number of carbonyl (C=O) groups is 1. The lowest BCUT2D eigenvalue weighted by molar-refractivity contribution is 0.0697. The smallest absolute Gasteiger partial charge is 0.335 e. The monoisotopic (exact) mass is 373 g/mol. The van der Waals surface area contributed by atoms with Crippen molar-refractivity contribution in [3.05, 3.63) is 72.3 Å². The summed E-state index contributed by atoms with van der Waals surface area (Å²) in [7, 11) is 0. The Morgan fingerprint density at radius 1 is 1.07 bits per heavy atom. The van der Waals surface area contributed by atoms with E-state index < -0.39 is 5.97 Å². The Kier molecular flexibility index (Phi) is 3.42. The number of nitrogens with zero attached hydrogens (tertiary/aromatic N) is 2. The van der Waals surface area contributed by atoms with E-state index in [1.54, 1.807) is 29.7 Å². The minimum Gasteiger partial charge on any atom is -0.478 e. The molecule has 0 bridgehead atoms. The van der Waals surface area contributed by atoms with Crippen molar-refractivity contribution in [2.75, 3.05) is 0 Å². The maximum Gasteiger partial charge on any atom is 0.335 e. The van der Waals surface area contributed by atoms with Gasteiger partial charge in [-0.2, -0.15) is 0 Å². The molecule has 0 spiro atoms. The lowest BCUT2D eigenvalue weighted by Crippen LogP contribution is -1.94. The number of aryl methyl sites for hydroxylation is 1. The Morgan fingerprint density at radius 2 is 1.85 bits per heavy atom. The number of thiophene rings is 1. The highest BCUT2D eigenvalue weighted by atomic mass is 32.1. The van der Waals surface area contributed by atoms with Crippen LogP contribution in [0.4, 0.5) is 0 Å². The number of nitrogens with one attached hydrogen (secondary N) is 1. The van der Waals surface area contributed by atoms with Crippen molar-refractivity contribution in [3.8, 4) is 15.4 Å². The van der Waals surface area contributed by atoms with Crippen molar-refractivity contribution in [1.29, 1.82) is 0 Å². The highest BCUT2D eigenvalue weighted by molar-refractivity contribution is 7.17. The molecule has 0 aliphatic rings. The number of carboxylic acids is 1. The molecule has 0 aliphatic heterocycles. The summed E-state index contributed by atoms with van der Waals surface area (Å²) >= 11 is 1.71. The van der Waals surface area contributed by atoms with Crippen molar-refractivity contribution < 1.29 is 9.90 Å². The summed E-state index contributed by atoms with van der Waals surface area (Å²) < 4.78 is 2.07. The second kappa shape index (κ2) is 5.82. The molecular formula is C21H15N3O2S. The second-order valence-electron chi connectivity index (χ2n) is 6.43. The molecule has 2 aromatic carbocycles. The zero-order valence-corrected chi connectivity index (χ0v) is 15.2. The van der Waals surface area contributed by atoms with Crippen molar-refractivity contribution in [1.82, 2.24) is 14.5 Å². The molecule has 0 fully saturated rings. The van der Waals surface area contributed by atoms with Crippen LogP contribution in [0.1, 0.15) is 16.2 Å². The van der Waals surface area contributed by atoms with Crippen LogP contribution in [0.25, 0.3) is 37.2 Å². The standard InChI is InChI=1S/C21H15N3O2S/c1-12-22-8-9-24(12)20-7-6-19(27-20)13-2-4-15-16-5-3-14(21(25)26)11-18(16)23-17(15)10-13/h2-11,23H,1H3,(H,25,26). The third kappa shape index (κ3) is 2.53. The number of hydrogen-bond donors (Lipinski definition) is 2. The van der Waals surface area contributed by atoms with Crippen LogP contribution >= 0.6 is 11.3 Å². The number of benzene rings is 2. The molecule has 132 valence electrons. The molecule has 2 N–H and O–H groups in total. The van der Waals surface area contributed by atoms with Crippen LogP contribution in [0.5, 0.6) is 0 Å². The number of aromatic carboxylic acids is 1. The molecule has 3 aromatic heterocycles. The van der Waals surface area contributed by atoms with Gasteiger partial charge < -0.3 is 10.1 Å². The average Bonchev–Trinajstić information content (AvgIpc) is 3.37. The quantitative estimate of drug-likeness (QED) is 0.454. The molecule has 0 amide bonds. The van der Waals surface area contributed by atoms with Gasteiger partial charge in [0.1, 0.15) is 10.8 Å². The number of imidazole rings is 1. The average molecular weight is 373 g/mol. The summed E-state index contributed by atoms with van der Waals surface area (Å²) in [4.78, 5) is 20.0. The summed E-state index contributed by atoms with van der Waals surface area (Å²) in [5.74, 6) is 0.0425. The third-order valence-electron chi connectivity index (χ3n) is 4.79. The van der Waals surface area contributed by atoms with Crippen molar-refractivity contribution >= 4 is 39.1 Å². The van der Waals surface area contributed by atoms with Gasteiger partial charge >= 0.3 is 5.97 Å². The fourth-order valence-corrected chi connectivity index (χ4v) is 4.45. The van der Waals surface area contributed by atoms with E-state index in [1.807, 2.05) is 19.2 Å². The summed E-state index contributed by atoms with van der Waals surface area (Å²) in [5.41, 5.74) is 3.25. The third-order valence-corrected chi connectivity index (χ3v) is 5.92. The molecule has 0 saturated carbocycles. The van der Waals surface area contributed by atoms with E-state index in [1.165, 1.54) is 4.88 Å². The molecule has 0 saturated heterocycles. The van der Waals surface area contributed by atoms with E-state index in [-0.39, 0.29) is 5.56 Å². The van der Waals surface area contributed by atoms with Gasteiger partial charge in [-0.15, -0.1) is 11.3 Å². The van der Waals surface area contributed by atoms with E-state index in [4.69, 9.17) is 0 Å². The van der Waals surface area contributed by atoms with Gasteiger partial charge in [0.2, 0.25) is 0 Å². The lowest BCUT2D eigenvalue weighted by Gasteiger charge is -2.00. The fourth-order valence-electron chi connectivity index (χ4n) is 3.42. The van der Waals surface area contributed by atoms with E-state index in [0.29, 0.717) is 0 Å². The number of aromatic nitrogens is 3. The molecule has 0 radical (unpaired) electrons. The summed E-state index contributed by atoms with van der Waals surface area (Å²) in [6.45, 7) is 1.99. The number of fused-ring (bicyclic) bond motifs is 3. The molecule has 0 unspecified atom stereocenters. The van der Waals surface area contributed by atoms with Gasteiger partial charge in [0.25, 0.3) is 0 Å². The number of aromatic amines is 1. The predicted molar refractivity (Wildman–Crippen MR) is 108 cm³/mol. The van der Waals surface area contributed by atoms with Gasteiger partial charge in [0.05, 0.1) is 5.56 Å². The maximum absolute atomic E-state index is 11.2. The van der Waals surface area contributed by atoms with Gasteiger partial charge in [-0.25, -0.2) is 9.78 Å². The van der Waals surface area contributed by atoms with Gasteiger partial charge in [0, 0.05) is 39.1 Å². The largest absolute Gasteiger partial charge is 0.478 e. The van der Waals surface area contributed by atoms with Crippen LogP contribution in [0.15, 0.2) is 60.9 Å². The first-order valence-electron chi connectivity index (χ1n) is 8.49. The summed E-state index contributed by atoms with van der Waals surface area (Å²) in [6, 6.07) is 15.7. The number of rotatable bonds is 3. The van der Waals surface area contributed by atoms with E-state index in [2.05, 4.69) is 44.9 Å². The molecular weight excluding hydrogens is 358 g/mol. The molecule has 5 aromatic rings. The van der Waals surface area contributed by atoms with Gasteiger partial charge in [-0.1, -0.05) is 18.2 Å². The first kappa shape index (κ1) is 15.8. The molecule has 0 aliphatic carbocycles. The maximum atomic E-state index is 11.2. The first-order valence-corrected chi connectivity index (χ1v) is 9.31. The van der Waals surface area contributed by atoms with Crippen LogP contribution < -0.4 is 0 Å².